The first-order valence-electron chi connectivity index (χ1n) is 3.79. The fourth-order valence-electron chi connectivity index (χ4n) is 0.793. The summed E-state index contributed by atoms with van der Waals surface area (Å²) >= 11 is 0. The molecule has 68 valence electrons. The highest BCUT2D eigenvalue weighted by molar-refractivity contribution is 5.89. The van der Waals surface area contributed by atoms with E-state index in [1.165, 1.54) is 6.26 Å². The van der Waals surface area contributed by atoms with Gasteiger partial charge >= 0.3 is 5.97 Å². The summed E-state index contributed by atoms with van der Waals surface area (Å²) in [4.78, 5) is 11.2. The second-order valence-electron chi connectivity index (χ2n) is 2.25. The molecule has 1 aromatic rings. The maximum atomic E-state index is 11.2. The molecule has 0 aliphatic rings. The molecule has 13 heavy (non-hydrogen) atoms. The third-order valence-corrected chi connectivity index (χ3v) is 1.39. The van der Waals surface area contributed by atoms with Crippen LogP contribution >= 0.6 is 0 Å². The number of rotatable bonds is 4. The van der Waals surface area contributed by atoms with E-state index < -0.39 is 5.97 Å². The highest BCUT2D eigenvalue weighted by Crippen LogP contribution is 2.00. The van der Waals surface area contributed by atoms with Crippen LogP contribution in [0.4, 0.5) is 0 Å². The van der Waals surface area contributed by atoms with Crippen molar-refractivity contribution in [2.75, 3.05) is 6.79 Å². The van der Waals surface area contributed by atoms with E-state index >= 15 is 0 Å². The number of hydrogen-bond acceptors (Lipinski definition) is 3. The zero-order chi connectivity index (χ0) is 9.52. The predicted octanol–water partition coefficient (Wildman–Crippen LogP) is 1.96. The van der Waals surface area contributed by atoms with Gasteiger partial charge in [-0.25, -0.2) is 4.79 Å². The van der Waals surface area contributed by atoms with E-state index in [2.05, 4.69) is 11.3 Å². The molecular weight excluding hydrogens is 168 g/mol. The van der Waals surface area contributed by atoms with Gasteiger partial charge in [-0.1, -0.05) is 24.8 Å². The zero-order valence-electron chi connectivity index (χ0n) is 7.10. The summed E-state index contributed by atoms with van der Waals surface area (Å²) < 4.78 is 9.38. The molecule has 0 heterocycles. The molecule has 0 unspecified atom stereocenters. The van der Waals surface area contributed by atoms with Gasteiger partial charge in [0, 0.05) is 0 Å². The number of carbonyl (C=O) groups is 1. The second-order valence-corrected chi connectivity index (χ2v) is 2.25. The molecule has 0 aliphatic carbocycles. The molecule has 0 atom stereocenters. The van der Waals surface area contributed by atoms with Crippen LogP contribution in [0.3, 0.4) is 0 Å². The van der Waals surface area contributed by atoms with E-state index in [9.17, 15) is 4.79 Å². The first-order valence-corrected chi connectivity index (χ1v) is 3.79. The summed E-state index contributed by atoms with van der Waals surface area (Å²) in [7, 11) is 0. The van der Waals surface area contributed by atoms with E-state index in [0.29, 0.717) is 5.56 Å². The van der Waals surface area contributed by atoms with Gasteiger partial charge in [-0.05, 0) is 12.1 Å². The Labute approximate surface area is 76.6 Å². The molecule has 3 nitrogen and oxygen atoms in total. The number of hydrogen-bond donors (Lipinski definition) is 0. The minimum absolute atomic E-state index is 0.1000. The Kier molecular flexibility index (Phi) is 3.57. The van der Waals surface area contributed by atoms with Crippen molar-refractivity contribution in [2.45, 2.75) is 0 Å². The maximum Gasteiger partial charge on any atom is 0.340 e. The molecule has 0 bridgehead atoms. The van der Waals surface area contributed by atoms with Gasteiger partial charge in [0.15, 0.2) is 0 Å². The molecular formula is C10H10O3. The maximum absolute atomic E-state index is 11.2. The SMILES string of the molecule is C=COCOC(=O)c1ccccc1. The highest BCUT2D eigenvalue weighted by atomic mass is 16.7. The Balaban J connectivity index is 2.45. The van der Waals surface area contributed by atoms with Crippen LogP contribution in [0.1, 0.15) is 10.4 Å². The second kappa shape index (κ2) is 4.98. The van der Waals surface area contributed by atoms with E-state index in [4.69, 9.17) is 4.74 Å². The fourth-order valence-corrected chi connectivity index (χ4v) is 0.793. The van der Waals surface area contributed by atoms with Gasteiger partial charge in [0.25, 0.3) is 0 Å². The van der Waals surface area contributed by atoms with Gasteiger partial charge < -0.3 is 9.47 Å². The van der Waals surface area contributed by atoms with E-state index in [1.54, 1.807) is 24.3 Å². The van der Waals surface area contributed by atoms with Crippen molar-refractivity contribution in [3.63, 3.8) is 0 Å². The largest absolute Gasteiger partial charge is 0.466 e. The molecule has 0 fully saturated rings. The summed E-state index contributed by atoms with van der Waals surface area (Å²) in [6, 6.07) is 8.72. The van der Waals surface area contributed by atoms with Gasteiger partial charge in [0.1, 0.15) is 0 Å². The molecule has 3 heteroatoms. The summed E-state index contributed by atoms with van der Waals surface area (Å²) in [5.74, 6) is -0.401. The zero-order valence-corrected chi connectivity index (χ0v) is 7.10. The van der Waals surface area contributed by atoms with Crippen molar-refractivity contribution in [1.82, 2.24) is 0 Å². The first kappa shape index (κ1) is 9.32. The number of esters is 1. The molecule has 0 N–H and O–H groups in total. The van der Waals surface area contributed by atoms with Crippen LogP contribution in [0.25, 0.3) is 0 Å². The summed E-state index contributed by atoms with van der Waals surface area (Å²) in [6.45, 7) is 3.22. The van der Waals surface area contributed by atoms with Crippen LogP contribution in [-0.2, 0) is 9.47 Å². The first-order chi connectivity index (χ1) is 6.34. The molecule has 0 aliphatic heterocycles. The molecule has 0 spiro atoms. The number of ether oxygens (including phenoxy) is 2. The van der Waals surface area contributed by atoms with Gasteiger partial charge in [0.05, 0.1) is 11.8 Å². The monoisotopic (exact) mass is 178 g/mol. The lowest BCUT2D eigenvalue weighted by Gasteiger charge is -2.02. The number of benzene rings is 1. The molecule has 0 saturated carbocycles. The van der Waals surface area contributed by atoms with Gasteiger partial charge in [0.2, 0.25) is 6.79 Å². The molecule has 0 amide bonds. The predicted molar refractivity (Wildman–Crippen MR) is 48.0 cm³/mol. The van der Waals surface area contributed by atoms with E-state index in [0.717, 1.165) is 0 Å². The molecule has 0 saturated heterocycles. The summed E-state index contributed by atoms with van der Waals surface area (Å²) in [5.41, 5.74) is 0.509. The van der Waals surface area contributed by atoms with Crippen molar-refractivity contribution in [2.24, 2.45) is 0 Å². The fraction of sp³-hybridized carbons (Fsp3) is 0.100. The van der Waals surface area contributed by atoms with Crippen LogP contribution in [0.5, 0.6) is 0 Å². The summed E-state index contributed by atoms with van der Waals surface area (Å²) in [6.07, 6.45) is 1.22. The lowest BCUT2D eigenvalue weighted by Crippen LogP contribution is -2.06. The average molecular weight is 178 g/mol. The van der Waals surface area contributed by atoms with Gasteiger partial charge in [-0.3, -0.25) is 0 Å². The average Bonchev–Trinajstić information content (AvgIpc) is 2.19. The van der Waals surface area contributed by atoms with Crippen LogP contribution in [0.2, 0.25) is 0 Å². The minimum atomic E-state index is -0.401. The van der Waals surface area contributed by atoms with Crippen LogP contribution in [0, 0.1) is 0 Å². The standard InChI is InChI=1S/C10H10O3/c1-2-12-8-13-10(11)9-6-4-3-5-7-9/h2-7H,1,8H2. The van der Waals surface area contributed by atoms with Gasteiger partial charge in [-0.2, -0.15) is 0 Å². The van der Waals surface area contributed by atoms with E-state index in [-0.39, 0.29) is 6.79 Å². The smallest absolute Gasteiger partial charge is 0.340 e. The Morgan fingerprint density at radius 2 is 2.08 bits per heavy atom. The highest BCUT2D eigenvalue weighted by Gasteiger charge is 2.04. The van der Waals surface area contributed by atoms with Crippen molar-refractivity contribution in [3.8, 4) is 0 Å². The Morgan fingerprint density at radius 3 is 2.69 bits per heavy atom. The minimum Gasteiger partial charge on any atom is -0.466 e. The lowest BCUT2D eigenvalue weighted by atomic mass is 10.2. The van der Waals surface area contributed by atoms with Crippen LogP contribution < -0.4 is 0 Å². The molecule has 0 aromatic heterocycles. The van der Waals surface area contributed by atoms with Crippen molar-refractivity contribution in [1.29, 1.82) is 0 Å². The Morgan fingerprint density at radius 1 is 1.38 bits per heavy atom. The quantitative estimate of drug-likeness (QED) is 0.306. The van der Waals surface area contributed by atoms with Crippen molar-refractivity contribution < 1.29 is 14.3 Å². The lowest BCUT2D eigenvalue weighted by molar-refractivity contribution is 0.000885. The Hall–Kier alpha value is -1.77. The third-order valence-electron chi connectivity index (χ3n) is 1.39. The Bertz CT molecular complexity index is 279. The number of carbonyl (C=O) groups excluding carboxylic acids is 1. The van der Waals surface area contributed by atoms with Crippen molar-refractivity contribution >= 4 is 5.97 Å². The molecule has 1 aromatic carbocycles. The van der Waals surface area contributed by atoms with Gasteiger partial charge in [-0.15, -0.1) is 0 Å². The normalized spacial score (nSPS) is 8.92. The molecule has 1 rings (SSSR count). The third kappa shape index (κ3) is 2.99. The summed E-state index contributed by atoms with van der Waals surface area (Å²) in [5, 5.41) is 0. The van der Waals surface area contributed by atoms with E-state index in [1.807, 2.05) is 6.07 Å². The molecule has 0 radical (unpaired) electrons. The van der Waals surface area contributed by atoms with Crippen molar-refractivity contribution in [3.05, 3.63) is 48.7 Å². The van der Waals surface area contributed by atoms with Crippen LogP contribution in [-0.4, -0.2) is 12.8 Å². The topological polar surface area (TPSA) is 35.5 Å². The van der Waals surface area contributed by atoms with Crippen LogP contribution in [0.15, 0.2) is 43.2 Å².